The standard InChI is InChI=1S/C24H27N3O2/c1-18(2)27(17-20-7-5-4-6-8-20)21-11-14-23(25-16-21)24(28)26-15-19-9-12-22(29-3)13-10-19/h4-14,16,18H,15,17H2,1-3H3,(H,26,28). The molecule has 0 saturated carbocycles. The van der Waals surface area contributed by atoms with Crippen molar-refractivity contribution in [3.63, 3.8) is 0 Å². The van der Waals surface area contributed by atoms with E-state index < -0.39 is 0 Å². The molecule has 150 valence electrons. The maximum Gasteiger partial charge on any atom is 0.270 e. The first-order valence-corrected chi connectivity index (χ1v) is 9.74. The van der Waals surface area contributed by atoms with Crippen LogP contribution in [0.3, 0.4) is 0 Å². The van der Waals surface area contributed by atoms with E-state index in [0.717, 1.165) is 23.5 Å². The van der Waals surface area contributed by atoms with Gasteiger partial charge in [-0.25, -0.2) is 4.98 Å². The molecule has 0 spiro atoms. The van der Waals surface area contributed by atoms with Gasteiger partial charge >= 0.3 is 0 Å². The highest BCUT2D eigenvalue weighted by Crippen LogP contribution is 2.19. The van der Waals surface area contributed by atoms with Crippen LogP contribution in [-0.2, 0) is 13.1 Å². The molecule has 1 N–H and O–H groups in total. The molecule has 0 fully saturated rings. The molecule has 5 nitrogen and oxygen atoms in total. The summed E-state index contributed by atoms with van der Waals surface area (Å²) in [4.78, 5) is 19.1. The first-order valence-electron chi connectivity index (χ1n) is 9.74. The van der Waals surface area contributed by atoms with Crippen molar-refractivity contribution < 1.29 is 9.53 Å². The van der Waals surface area contributed by atoms with Gasteiger partial charge in [0.2, 0.25) is 0 Å². The lowest BCUT2D eigenvalue weighted by molar-refractivity contribution is 0.0946. The van der Waals surface area contributed by atoms with Gasteiger partial charge in [-0.2, -0.15) is 0 Å². The van der Waals surface area contributed by atoms with E-state index in [1.165, 1.54) is 5.56 Å². The SMILES string of the molecule is COc1ccc(CNC(=O)c2ccc(N(Cc3ccccc3)C(C)C)cn2)cc1. The highest BCUT2D eigenvalue weighted by molar-refractivity contribution is 5.92. The molecule has 1 heterocycles. The van der Waals surface area contributed by atoms with Gasteiger partial charge in [0.1, 0.15) is 11.4 Å². The maximum absolute atomic E-state index is 12.4. The highest BCUT2D eigenvalue weighted by Gasteiger charge is 2.13. The molecule has 1 aromatic heterocycles. The normalized spacial score (nSPS) is 10.6. The van der Waals surface area contributed by atoms with Gasteiger partial charge in [0.15, 0.2) is 0 Å². The first kappa shape index (κ1) is 20.4. The van der Waals surface area contributed by atoms with Crippen LogP contribution in [0.5, 0.6) is 5.75 Å². The Morgan fingerprint density at radius 2 is 1.72 bits per heavy atom. The highest BCUT2D eigenvalue weighted by atomic mass is 16.5. The third-order valence-corrected chi connectivity index (χ3v) is 4.74. The van der Waals surface area contributed by atoms with Crippen LogP contribution >= 0.6 is 0 Å². The van der Waals surface area contributed by atoms with Crippen LogP contribution in [0, 0.1) is 0 Å². The molecule has 3 rings (SSSR count). The van der Waals surface area contributed by atoms with E-state index in [2.05, 4.69) is 41.2 Å². The molecule has 3 aromatic rings. The van der Waals surface area contributed by atoms with Gasteiger partial charge in [0.05, 0.1) is 19.0 Å². The summed E-state index contributed by atoms with van der Waals surface area (Å²) in [6.07, 6.45) is 1.77. The van der Waals surface area contributed by atoms with Crippen LogP contribution in [0.4, 0.5) is 5.69 Å². The van der Waals surface area contributed by atoms with Crippen molar-refractivity contribution in [3.8, 4) is 5.75 Å². The summed E-state index contributed by atoms with van der Waals surface area (Å²) in [6.45, 7) is 5.54. The Hall–Kier alpha value is -3.34. The zero-order valence-corrected chi connectivity index (χ0v) is 17.1. The molecule has 0 radical (unpaired) electrons. The predicted molar refractivity (Wildman–Crippen MR) is 116 cm³/mol. The molecular formula is C24H27N3O2. The van der Waals surface area contributed by atoms with Gasteiger partial charge in [0, 0.05) is 19.1 Å². The van der Waals surface area contributed by atoms with Crippen molar-refractivity contribution in [1.29, 1.82) is 0 Å². The molecule has 0 bridgehead atoms. The van der Waals surface area contributed by atoms with Crippen LogP contribution in [0.25, 0.3) is 0 Å². The van der Waals surface area contributed by atoms with E-state index in [-0.39, 0.29) is 5.91 Å². The molecule has 1 amide bonds. The number of rotatable bonds is 8. The summed E-state index contributed by atoms with van der Waals surface area (Å²) >= 11 is 0. The number of amides is 1. The minimum atomic E-state index is -0.188. The van der Waals surface area contributed by atoms with Crippen molar-refractivity contribution in [2.24, 2.45) is 0 Å². The monoisotopic (exact) mass is 389 g/mol. The molecule has 0 saturated heterocycles. The van der Waals surface area contributed by atoms with Crippen LogP contribution in [-0.4, -0.2) is 24.0 Å². The molecule has 0 aliphatic carbocycles. The van der Waals surface area contributed by atoms with Gasteiger partial charge in [-0.3, -0.25) is 4.79 Å². The number of aromatic nitrogens is 1. The zero-order valence-electron chi connectivity index (χ0n) is 17.1. The summed E-state index contributed by atoms with van der Waals surface area (Å²) in [5.41, 5.74) is 3.65. The third-order valence-electron chi connectivity index (χ3n) is 4.74. The van der Waals surface area contributed by atoms with E-state index >= 15 is 0 Å². The second kappa shape index (κ2) is 9.73. The fraction of sp³-hybridized carbons (Fsp3) is 0.250. The number of carbonyl (C=O) groups excluding carboxylic acids is 1. The molecule has 0 unspecified atom stereocenters. The molecule has 0 aliphatic heterocycles. The number of benzene rings is 2. The Bertz CT molecular complexity index is 907. The summed E-state index contributed by atoms with van der Waals surface area (Å²) in [7, 11) is 1.63. The lowest BCUT2D eigenvalue weighted by Gasteiger charge is -2.29. The number of nitrogens with zero attached hydrogens (tertiary/aromatic N) is 2. The fourth-order valence-electron chi connectivity index (χ4n) is 3.06. The van der Waals surface area contributed by atoms with Crippen LogP contribution in [0.1, 0.15) is 35.5 Å². The third kappa shape index (κ3) is 5.57. The van der Waals surface area contributed by atoms with Gasteiger partial charge in [-0.1, -0.05) is 42.5 Å². The van der Waals surface area contributed by atoms with Crippen molar-refractivity contribution in [2.45, 2.75) is 33.0 Å². The second-order valence-corrected chi connectivity index (χ2v) is 7.14. The lowest BCUT2D eigenvalue weighted by atomic mass is 10.1. The number of hydrogen-bond donors (Lipinski definition) is 1. The quantitative estimate of drug-likeness (QED) is 0.619. The number of ether oxygens (including phenoxy) is 1. The Kier molecular flexibility index (Phi) is 6.85. The summed E-state index contributed by atoms with van der Waals surface area (Å²) in [5.74, 6) is 0.606. The molecular weight excluding hydrogens is 362 g/mol. The molecule has 0 atom stereocenters. The van der Waals surface area contributed by atoms with E-state index in [0.29, 0.717) is 18.3 Å². The van der Waals surface area contributed by atoms with E-state index in [1.54, 1.807) is 19.4 Å². The van der Waals surface area contributed by atoms with E-state index in [1.807, 2.05) is 48.5 Å². The Balaban J connectivity index is 1.63. The zero-order chi connectivity index (χ0) is 20.6. The van der Waals surface area contributed by atoms with Crippen LogP contribution in [0.15, 0.2) is 72.9 Å². The second-order valence-electron chi connectivity index (χ2n) is 7.14. The van der Waals surface area contributed by atoms with Crippen molar-refractivity contribution >= 4 is 11.6 Å². The number of hydrogen-bond acceptors (Lipinski definition) is 4. The maximum atomic E-state index is 12.4. The van der Waals surface area contributed by atoms with Gasteiger partial charge in [0.25, 0.3) is 5.91 Å². The Morgan fingerprint density at radius 1 is 1.00 bits per heavy atom. The molecule has 0 aliphatic rings. The minimum Gasteiger partial charge on any atom is -0.497 e. The van der Waals surface area contributed by atoms with Crippen molar-refractivity contribution in [3.05, 3.63) is 89.7 Å². The minimum absolute atomic E-state index is 0.188. The smallest absolute Gasteiger partial charge is 0.270 e. The predicted octanol–water partition coefficient (Wildman–Crippen LogP) is 4.44. The van der Waals surface area contributed by atoms with Gasteiger partial charge < -0.3 is 15.0 Å². The topological polar surface area (TPSA) is 54.5 Å². The summed E-state index contributed by atoms with van der Waals surface area (Å²) < 4.78 is 5.15. The number of nitrogens with one attached hydrogen (secondary N) is 1. The summed E-state index contributed by atoms with van der Waals surface area (Å²) in [5, 5.41) is 2.91. The molecule has 29 heavy (non-hydrogen) atoms. The summed E-state index contributed by atoms with van der Waals surface area (Å²) in [6, 6.07) is 22.0. The fourth-order valence-corrected chi connectivity index (χ4v) is 3.06. The van der Waals surface area contributed by atoms with Gasteiger partial charge in [-0.05, 0) is 49.2 Å². The molecule has 5 heteroatoms. The number of anilines is 1. The van der Waals surface area contributed by atoms with Crippen molar-refractivity contribution in [1.82, 2.24) is 10.3 Å². The number of carbonyl (C=O) groups is 1. The Morgan fingerprint density at radius 3 is 2.31 bits per heavy atom. The van der Waals surface area contributed by atoms with Crippen molar-refractivity contribution in [2.75, 3.05) is 12.0 Å². The van der Waals surface area contributed by atoms with E-state index in [4.69, 9.17) is 4.74 Å². The lowest BCUT2D eigenvalue weighted by Crippen LogP contribution is -2.30. The number of pyridine rings is 1. The number of methoxy groups -OCH3 is 1. The van der Waals surface area contributed by atoms with E-state index in [9.17, 15) is 4.79 Å². The Labute approximate surface area is 172 Å². The van der Waals surface area contributed by atoms with Crippen LogP contribution < -0.4 is 15.0 Å². The molecule has 2 aromatic carbocycles. The van der Waals surface area contributed by atoms with Crippen LogP contribution in [0.2, 0.25) is 0 Å². The van der Waals surface area contributed by atoms with Gasteiger partial charge in [-0.15, -0.1) is 0 Å². The average molecular weight is 389 g/mol. The average Bonchev–Trinajstić information content (AvgIpc) is 2.77. The first-order chi connectivity index (χ1) is 14.1. The largest absolute Gasteiger partial charge is 0.497 e.